The Balaban J connectivity index is 1.91. The number of ether oxygens (including phenoxy) is 2. The van der Waals surface area contributed by atoms with Crippen LogP contribution >= 0.6 is 11.6 Å². The zero-order valence-corrected chi connectivity index (χ0v) is 14.3. The lowest BCUT2D eigenvalue weighted by atomic mass is 10.2. The van der Waals surface area contributed by atoms with Gasteiger partial charge in [0, 0.05) is 6.07 Å². The van der Waals surface area contributed by atoms with Gasteiger partial charge in [-0.2, -0.15) is 4.98 Å². The van der Waals surface area contributed by atoms with Gasteiger partial charge in [-0.3, -0.25) is 0 Å². The highest BCUT2D eigenvalue weighted by Crippen LogP contribution is 2.32. The van der Waals surface area contributed by atoms with E-state index >= 15 is 0 Å². The molecule has 3 aromatic rings. The van der Waals surface area contributed by atoms with Crippen molar-refractivity contribution >= 4 is 22.7 Å². The molecule has 1 heterocycles. The van der Waals surface area contributed by atoms with Gasteiger partial charge >= 0.3 is 0 Å². The molecule has 0 aliphatic carbocycles. The van der Waals surface area contributed by atoms with Crippen LogP contribution in [0.25, 0.3) is 22.5 Å². The first-order chi connectivity index (χ1) is 12.1. The van der Waals surface area contributed by atoms with Crippen molar-refractivity contribution in [3.8, 4) is 28.6 Å². The lowest BCUT2D eigenvalue weighted by Crippen LogP contribution is -1.91. The van der Waals surface area contributed by atoms with Gasteiger partial charge in [0.25, 0.3) is 5.89 Å². The summed E-state index contributed by atoms with van der Waals surface area (Å²) in [5.74, 6) is 1.94. The molecule has 0 amide bonds. The first-order valence-corrected chi connectivity index (χ1v) is 7.71. The molecular weight excluding hydrogens is 344 g/mol. The zero-order valence-electron chi connectivity index (χ0n) is 13.6. The normalized spacial score (nSPS) is 11.4. The monoisotopic (exact) mass is 358 g/mol. The predicted octanol–water partition coefficient (Wildman–Crippen LogP) is 4.20. The van der Waals surface area contributed by atoms with Crippen LogP contribution in [0.5, 0.6) is 17.2 Å². The smallest absolute Gasteiger partial charge is 0.269 e. The maximum absolute atomic E-state index is 9.31. The van der Waals surface area contributed by atoms with Crippen molar-refractivity contribution in [3.63, 3.8) is 0 Å². The van der Waals surface area contributed by atoms with Crippen LogP contribution < -0.4 is 9.47 Å². The molecule has 25 heavy (non-hydrogen) atoms. The van der Waals surface area contributed by atoms with E-state index in [0.717, 1.165) is 5.56 Å². The fourth-order valence-electron chi connectivity index (χ4n) is 2.19. The molecule has 2 aromatic carbocycles. The van der Waals surface area contributed by atoms with E-state index in [9.17, 15) is 5.11 Å². The van der Waals surface area contributed by atoms with Crippen molar-refractivity contribution in [1.29, 1.82) is 0 Å². The van der Waals surface area contributed by atoms with Crippen molar-refractivity contribution in [2.45, 2.75) is 0 Å². The largest absolute Gasteiger partial charge is 0.508 e. The summed E-state index contributed by atoms with van der Waals surface area (Å²) in [7, 11) is 3.13. The van der Waals surface area contributed by atoms with Crippen molar-refractivity contribution in [2.75, 3.05) is 14.2 Å². The molecule has 128 valence electrons. The predicted molar refractivity (Wildman–Crippen MR) is 94.7 cm³/mol. The average Bonchev–Trinajstić information content (AvgIpc) is 3.13. The molecule has 0 radical (unpaired) electrons. The lowest BCUT2D eigenvalue weighted by molar-refractivity contribution is 0.393. The summed E-state index contributed by atoms with van der Waals surface area (Å²) in [6.07, 6.45) is 1.67. The van der Waals surface area contributed by atoms with Crippen LogP contribution in [0.4, 0.5) is 0 Å². The summed E-state index contributed by atoms with van der Waals surface area (Å²) >= 11 is 6.25. The molecule has 1 N–H and O–H groups in total. The van der Waals surface area contributed by atoms with Gasteiger partial charge in [0.15, 0.2) is 0 Å². The Labute approximate surface area is 149 Å². The van der Waals surface area contributed by atoms with E-state index in [1.807, 2.05) is 0 Å². The third-order valence-electron chi connectivity index (χ3n) is 3.47. The topological polar surface area (TPSA) is 77.6 Å². The van der Waals surface area contributed by atoms with Gasteiger partial charge in [0.1, 0.15) is 22.3 Å². The highest BCUT2D eigenvalue weighted by Gasteiger charge is 2.16. The zero-order chi connectivity index (χ0) is 17.8. The molecule has 3 rings (SSSR count). The fraction of sp³-hybridized carbons (Fsp3) is 0.111. The second kappa shape index (κ2) is 7.27. The summed E-state index contributed by atoms with van der Waals surface area (Å²) in [6, 6.07) is 11.9. The molecular formula is C18H15ClN2O4. The molecule has 0 aliphatic rings. The van der Waals surface area contributed by atoms with Crippen molar-refractivity contribution in [1.82, 2.24) is 10.1 Å². The quantitative estimate of drug-likeness (QED) is 0.736. The standard InChI is InChI=1S/C18H15ClN2O4/c1-23-13-7-8-14(16(10-13)24-2)17-20-18(25-21-17)15(19)9-11-3-5-12(22)6-4-11/h3-10,22H,1-2H3/b15-9-. The van der Waals surface area contributed by atoms with Crippen molar-refractivity contribution < 1.29 is 19.1 Å². The first kappa shape index (κ1) is 16.9. The number of nitrogens with zero attached hydrogens (tertiary/aromatic N) is 2. The minimum absolute atomic E-state index is 0.181. The molecule has 0 bridgehead atoms. The average molecular weight is 359 g/mol. The summed E-state index contributed by atoms with van der Waals surface area (Å²) in [5.41, 5.74) is 1.46. The highest BCUT2D eigenvalue weighted by molar-refractivity contribution is 6.50. The number of phenols is 1. The van der Waals surface area contributed by atoms with E-state index < -0.39 is 0 Å². The van der Waals surface area contributed by atoms with Crippen LogP contribution in [0.1, 0.15) is 11.5 Å². The third kappa shape index (κ3) is 3.75. The molecule has 1 aromatic heterocycles. The Kier molecular flexibility index (Phi) is 4.90. The van der Waals surface area contributed by atoms with Gasteiger partial charge in [-0.1, -0.05) is 28.9 Å². The molecule has 0 saturated heterocycles. The van der Waals surface area contributed by atoms with Crippen molar-refractivity contribution in [2.24, 2.45) is 0 Å². The van der Waals surface area contributed by atoms with Gasteiger partial charge < -0.3 is 19.1 Å². The molecule has 0 spiro atoms. The fourth-order valence-corrected chi connectivity index (χ4v) is 2.39. The summed E-state index contributed by atoms with van der Waals surface area (Å²) < 4.78 is 15.8. The van der Waals surface area contributed by atoms with E-state index in [2.05, 4.69) is 10.1 Å². The molecule has 0 fully saturated rings. The van der Waals surface area contributed by atoms with E-state index in [1.54, 1.807) is 62.8 Å². The van der Waals surface area contributed by atoms with Gasteiger partial charge in [-0.05, 0) is 35.9 Å². The van der Waals surface area contributed by atoms with Gasteiger partial charge in [0.05, 0.1) is 19.8 Å². The summed E-state index contributed by atoms with van der Waals surface area (Å²) in [5, 5.41) is 13.6. The number of rotatable bonds is 5. The van der Waals surface area contributed by atoms with Crippen LogP contribution in [-0.4, -0.2) is 29.5 Å². The van der Waals surface area contributed by atoms with Crippen LogP contribution in [0, 0.1) is 0 Å². The molecule has 0 aliphatic heterocycles. The molecule has 0 unspecified atom stereocenters. The molecule has 7 heteroatoms. The lowest BCUT2D eigenvalue weighted by Gasteiger charge is -2.07. The summed E-state index contributed by atoms with van der Waals surface area (Å²) in [6.45, 7) is 0. The Morgan fingerprint density at radius 2 is 1.88 bits per heavy atom. The van der Waals surface area contributed by atoms with Gasteiger partial charge in [-0.15, -0.1) is 0 Å². The first-order valence-electron chi connectivity index (χ1n) is 7.33. The molecule has 0 saturated carbocycles. The molecule has 6 nitrogen and oxygen atoms in total. The Morgan fingerprint density at radius 1 is 1.12 bits per heavy atom. The second-order valence-corrected chi connectivity index (χ2v) is 5.48. The van der Waals surface area contributed by atoms with Crippen LogP contribution in [0.2, 0.25) is 0 Å². The summed E-state index contributed by atoms with van der Waals surface area (Å²) in [4.78, 5) is 4.31. The number of benzene rings is 2. The van der Waals surface area contributed by atoms with E-state index in [0.29, 0.717) is 22.9 Å². The van der Waals surface area contributed by atoms with Crippen molar-refractivity contribution in [3.05, 3.63) is 53.9 Å². The molecule has 0 atom stereocenters. The third-order valence-corrected chi connectivity index (χ3v) is 3.74. The number of halogens is 1. The Bertz CT molecular complexity index is 904. The van der Waals surface area contributed by atoms with E-state index in [4.69, 9.17) is 25.6 Å². The maximum atomic E-state index is 9.31. The van der Waals surface area contributed by atoms with E-state index in [1.165, 1.54) is 0 Å². The number of aromatic nitrogens is 2. The Morgan fingerprint density at radius 3 is 2.56 bits per heavy atom. The Hall–Kier alpha value is -2.99. The van der Waals surface area contributed by atoms with Gasteiger partial charge in [0.2, 0.25) is 5.82 Å². The maximum Gasteiger partial charge on any atom is 0.269 e. The van der Waals surface area contributed by atoms with Crippen LogP contribution in [0.3, 0.4) is 0 Å². The van der Waals surface area contributed by atoms with Gasteiger partial charge in [-0.25, -0.2) is 0 Å². The number of aromatic hydroxyl groups is 1. The second-order valence-electron chi connectivity index (χ2n) is 5.07. The minimum Gasteiger partial charge on any atom is -0.508 e. The SMILES string of the molecule is COc1ccc(-c2noc(/C(Cl)=C/c3ccc(O)cc3)n2)c(OC)c1. The van der Waals surface area contributed by atoms with E-state index in [-0.39, 0.29) is 16.7 Å². The number of hydrogen-bond donors (Lipinski definition) is 1. The number of hydrogen-bond acceptors (Lipinski definition) is 6. The number of phenolic OH excluding ortho intramolecular Hbond substituents is 1. The minimum atomic E-state index is 0.181. The van der Waals surface area contributed by atoms with Crippen LogP contribution in [-0.2, 0) is 0 Å². The number of methoxy groups -OCH3 is 2. The highest BCUT2D eigenvalue weighted by atomic mass is 35.5. The van der Waals surface area contributed by atoms with Crippen LogP contribution in [0.15, 0.2) is 47.0 Å².